The fourth-order valence-electron chi connectivity index (χ4n) is 6.32. The predicted molar refractivity (Wildman–Crippen MR) is 133 cm³/mol. The van der Waals surface area contributed by atoms with E-state index in [1.54, 1.807) is 7.11 Å². The fraction of sp³-hybridized carbons (Fsp3) is 0.519. The molecular formula is C27H33N3O5. The summed E-state index contributed by atoms with van der Waals surface area (Å²) in [5, 5.41) is 14.5. The molecule has 1 N–H and O–H groups in total. The summed E-state index contributed by atoms with van der Waals surface area (Å²) in [6.45, 7) is 5.16. The number of nitrogens with one attached hydrogen (secondary N) is 1. The highest BCUT2D eigenvalue weighted by molar-refractivity contribution is 5.89. The maximum absolute atomic E-state index is 13.3. The fourth-order valence-corrected chi connectivity index (χ4v) is 6.32. The van der Waals surface area contributed by atoms with Crippen molar-refractivity contribution in [1.29, 1.82) is 0 Å². The van der Waals surface area contributed by atoms with Crippen LogP contribution in [0.2, 0.25) is 0 Å². The Hall–Kier alpha value is -3.13. The number of nitro benzene ring substituents is 1. The summed E-state index contributed by atoms with van der Waals surface area (Å²) in [5.41, 5.74) is 2.47. The molecule has 0 spiro atoms. The molecular weight excluding hydrogens is 446 g/mol. The lowest BCUT2D eigenvalue weighted by Gasteiger charge is -2.53. The number of fused-ring (bicyclic) bond motifs is 4. The Morgan fingerprint density at radius 1 is 1.23 bits per heavy atom. The third-order valence-corrected chi connectivity index (χ3v) is 8.22. The number of methoxy groups -OCH3 is 1. The van der Waals surface area contributed by atoms with E-state index in [2.05, 4.69) is 23.2 Å². The third kappa shape index (κ3) is 4.59. The Kier molecular flexibility index (Phi) is 6.65. The van der Waals surface area contributed by atoms with Crippen molar-refractivity contribution >= 4 is 17.3 Å². The molecule has 4 aliphatic heterocycles. The Morgan fingerprint density at radius 3 is 2.69 bits per heavy atom. The Bertz CT molecular complexity index is 1090. The first-order valence-corrected chi connectivity index (χ1v) is 12.6. The van der Waals surface area contributed by atoms with Gasteiger partial charge in [0.1, 0.15) is 11.9 Å². The summed E-state index contributed by atoms with van der Waals surface area (Å²) in [5.74, 6) is 1.75. The SMILES string of the molecule is CC[C@H]1CN2CC[C@H]1C[C@H]2[C@H](OC(=O)c1ccc([N+](=O)[O-])cc1)[C@@H]1CCNc2ccc(OC)cc21. The van der Waals surface area contributed by atoms with Gasteiger partial charge < -0.3 is 14.8 Å². The summed E-state index contributed by atoms with van der Waals surface area (Å²) in [7, 11) is 1.66. The molecule has 8 heteroatoms. The van der Waals surface area contributed by atoms with E-state index in [1.807, 2.05) is 12.1 Å². The molecule has 6 atom stereocenters. The van der Waals surface area contributed by atoms with Crippen LogP contribution in [0.15, 0.2) is 42.5 Å². The molecule has 8 nitrogen and oxygen atoms in total. The van der Waals surface area contributed by atoms with Crippen molar-refractivity contribution in [1.82, 2.24) is 4.90 Å². The molecule has 3 fully saturated rings. The van der Waals surface area contributed by atoms with Crippen molar-refractivity contribution in [2.45, 2.75) is 50.7 Å². The molecule has 2 bridgehead atoms. The van der Waals surface area contributed by atoms with E-state index in [4.69, 9.17) is 9.47 Å². The van der Waals surface area contributed by atoms with Crippen molar-refractivity contribution in [2.75, 3.05) is 32.1 Å². The van der Waals surface area contributed by atoms with E-state index < -0.39 is 10.9 Å². The van der Waals surface area contributed by atoms with E-state index in [1.165, 1.54) is 37.1 Å². The number of non-ortho nitro benzene ring substituents is 1. The van der Waals surface area contributed by atoms with Crippen LogP contribution < -0.4 is 10.1 Å². The molecule has 4 heterocycles. The number of piperidine rings is 3. The molecule has 2 aromatic carbocycles. The number of nitro groups is 1. The zero-order valence-electron chi connectivity index (χ0n) is 20.3. The van der Waals surface area contributed by atoms with Gasteiger partial charge in [-0.1, -0.05) is 13.3 Å². The first-order chi connectivity index (χ1) is 17.0. The van der Waals surface area contributed by atoms with Gasteiger partial charge in [-0.15, -0.1) is 0 Å². The van der Waals surface area contributed by atoms with Crippen LogP contribution >= 0.6 is 0 Å². The van der Waals surface area contributed by atoms with Gasteiger partial charge >= 0.3 is 5.97 Å². The highest BCUT2D eigenvalue weighted by Crippen LogP contribution is 2.45. The van der Waals surface area contributed by atoms with E-state index >= 15 is 0 Å². The van der Waals surface area contributed by atoms with Gasteiger partial charge in [-0.05, 0) is 73.5 Å². The van der Waals surface area contributed by atoms with E-state index in [-0.39, 0.29) is 23.8 Å². The van der Waals surface area contributed by atoms with Gasteiger partial charge in [-0.3, -0.25) is 15.0 Å². The number of rotatable bonds is 7. The normalized spacial score (nSPS) is 27.9. The van der Waals surface area contributed by atoms with Crippen molar-refractivity contribution in [3.8, 4) is 5.75 Å². The molecule has 2 aromatic rings. The zero-order valence-corrected chi connectivity index (χ0v) is 20.3. The van der Waals surface area contributed by atoms with Gasteiger partial charge in [-0.25, -0.2) is 4.79 Å². The average molecular weight is 480 g/mol. The van der Waals surface area contributed by atoms with Crippen LogP contribution in [0.4, 0.5) is 11.4 Å². The highest BCUT2D eigenvalue weighted by Gasteiger charge is 2.47. The average Bonchev–Trinajstić information content (AvgIpc) is 2.91. The van der Waals surface area contributed by atoms with Crippen molar-refractivity contribution in [3.63, 3.8) is 0 Å². The summed E-state index contributed by atoms with van der Waals surface area (Å²) in [4.78, 5) is 26.4. The Morgan fingerprint density at radius 2 is 2.03 bits per heavy atom. The summed E-state index contributed by atoms with van der Waals surface area (Å²) < 4.78 is 11.9. The summed E-state index contributed by atoms with van der Waals surface area (Å²) >= 11 is 0. The van der Waals surface area contributed by atoms with Gasteiger partial charge in [0.05, 0.1) is 17.6 Å². The second-order valence-electron chi connectivity index (χ2n) is 9.96. The minimum absolute atomic E-state index is 0.0350. The predicted octanol–water partition coefficient (Wildman–Crippen LogP) is 4.85. The number of benzene rings is 2. The molecule has 0 aliphatic carbocycles. The second-order valence-corrected chi connectivity index (χ2v) is 9.96. The van der Waals surface area contributed by atoms with Gasteiger partial charge in [-0.2, -0.15) is 0 Å². The minimum Gasteiger partial charge on any atom is -0.497 e. The maximum atomic E-state index is 13.3. The molecule has 1 unspecified atom stereocenters. The number of nitrogens with zero attached hydrogens (tertiary/aromatic N) is 2. The first kappa shape index (κ1) is 23.6. The number of hydrogen-bond donors (Lipinski definition) is 1. The number of ether oxygens (including phenoxy) is 2. The van der Waals surface area contributed by atoms with Crippen LogP contribution in [0, 0.1) is 22.0 Å². The molecule has 0 saturated carbocycles. The number of carbonyl (C=O) groups is 1. The molecule has 186 valence electrons. The second kappa shape index (κ2) is 9.85. The summed E-state index contributed by atoms with van der Waals surface area (Å²) in [6, 6.07) is 11.9. The van der Waals surface area contributed by atoms with Crippen LogP contribution in [0.25, 0.3) is 0 Å². The van der Waals surface area contributed by atoms with E-state index in [0.29, 0.717) is 17.4 Å². The first-order valence-electron chi connectivity index (χ1n) is 12.6. The van der Waals surface area contributed by atoms with Gasteiger partial charge in [0.2, 0.25) is 0 Å². The van der Waals surface area contributed by atoms with Crippen molar-refractivity contribution in [2.24, 2.45) is 11.8 Å². The Labute approximate surface area is 205 Å². The molecule has 0 aromatic heterocycles. The quantitative estimate of drug-likeness (QED) is 0.345. The highest BCUT2D eigenvalue weighted by atomic mass is 16.6. The van der Waals surface area contributed by atoms with Crippen LogP contribution in [0.3, 0.4) is 0 Å². The number of esters is 1. The van der Waals surface area contributed by atoms with E-state index in [0.717, 1.165) is 49.5 Å². The lowest BCUT2D eigenvalue weighted by Crippen LogP contribution is -2.59. The van der Waals surface area contributed by atoms with Gasteiger partial charge in [0.15, 0.2) is 0 Å². The molecule has 35 heavy (non-hydrogen) atoms. The zero-order chi connectivity index (χ0) is 24.5. The van der Waals surface area contributed by atoms with Gasteiger partial charge in [0, 0.05) is 42.9 Å². The maximum Gasteiger partial charge on any atom is 0.338 e. The third-order valence-electron chi connectivity index (χ3n) is 8.22. The molecule has 4 aliphatic rings. The van der Waals surface area contributed by atoms with Gasteiger partial charge in [0.25, 0.3) is 5.69 Å². The molecule has 0 radical (unpaired) electrons. The van der Waals surface area contributed by atoms with Crippen LogP contribution in [0.1, 0.15) is 54.4 Å². The van der Waals surface area contributed by atoms with Crippen LogP contribution in [-0.4, -0.2) is 54.7 Å². The molecule has 0 amide bonds. The molecule has 3 saturated heterocycles. The smallest absolute Gasteiger partial charge is 0.338 e. The topological polar surface area (TPSA) is 93.9 Å². The number of carbonyl (C=O) groups excluding carboxylic acids is 1. The minimum atomic E-state index is -0.465. The van der Waals surface area contributed by atoms with Crippen LogP contribution in [-0.2, 0) is 4.74 Å². The number of anilines is 1. The van der Waals surface area contributed by atoms with E-state index in [9.17, 15) is 14.9 Å². The largest absolute Gasteiger partial charge is 0.497 e. The Balaban J connectivity index is 1.47. The molecule has 6 rings (SSSR count). The van der Waals surface area contributed by atoms with Crippen LogP contribution in [0.5, 0.6) is 5.75 Å². The number of hydrogen-bond acceptors (Lipinski definition) is 7. The standard InChI is InChI=1S/C27H33N3O5/c1-3-17-16-29-13-11-19(17)14-25(29)26(35-27(31)18-4-6-20(7-5-18)30(32)33)22-10-12-28-24-9-8-21(34-2)15-23(22)24/h4-9,15,17,19,22,25-26,28H,3,10-14,16H2,1-2H3/t17-,19-,22+,25-,26+/m0/s1. The lowest BCUT2D eigenvalue weighted by molar-refractivity contribution is -0.384. The van der Waals surface area contributed by atoms with Crippen molar-refractivity contribution < 1.29 is 19.2 Å². The van der Waals surface area contributed by atoms with Crippen molar-refractivity contribution in [3.05, 3.63) is 63.7 Å². The summed E-state index contributed by atoms with van der Waals surface area (Å²) in [6.07, 6.45) is 3.94. The monoisotopic (exact) mass is 479 g/mol. The lowest BCUT2D eigenvalue weighted by atomic mass is 9.70.